The smallest absolute Gasteiger partial charge is 0.196 e. The lowest BCUT2D eigenvalue weighted by molar-refractivity contribution is -0.0738. The van der Waals surface area contributed by atoms with Crippen LogP contribution in [-0.2, 0) is 4.74 Å². The second kappa shape index (κ2) is 7.29. The Hall–Kier alpha value is -3.49. The van der Waals surface area contributed by atoms with Crippen molar-refractivity contribution >= 4 is 22.6 Å². The van der Waals surface area contributed by atoms with Gasteiger partial charge in [-0.1, -0.05) is 110 Å². The van der Waals surface area contributed by atoms with Gasteiger partial charge in [-0.05, 0) is 39.4 Å². The molecule has 2 nitrogen and oxygen atoms in total. The average molecular weight is 417 g/mol. The Morgan fingerprint density at radius 2 is 1.59 bits per heavy atom. The molecule has 0 saturated carbocycles. The molecule has 0 amide bonds. The maximum atomic E-state index is 13.7. The van der Waals surface area contributed by atoms with Crippen molar-refractivity contribution in [2.75, 3.05) is 0 Å². The highest BCUT2D eigenvalue weighted by Gasteiger charge is 2.50. The van der Waals surface area contributed by atoms with Gasteiger partial charge in [-0.25, -0.2) is 0 Å². The molecule has 1 aliphatic carbocycles. The fourth-order valence-electron chi connectivity index (χ4n) is 5.52. The Morgan fingerprint density at radius 1 is 0.844 bits per heavy atom. The van der Waals surface area contributed by atoms with Crippen molar-refractivity contribution in [2.24, 2.45) is 0 Å². The summed E-state index contributed by atoms with van der Waals surface area (Å²) in [5.41, 5.74) is 4.80. The zero-order valence-electron chi connectivity index (χ0n) is 18.0. The van der Waals surface area contributed by atoms with Crippen molar-refractivity contribution in [1.82, 2.24) is 0 Å². The van der Waals surface area contributed by atoms with Gasteiger partial charge < -0.3 is 4.74 Å². The maximum Gasteiger partial charge on any atom is 0.196 e. The van der Waals surface area contributed by atoms with Crippen molar-refractivity contribution in [2.45, 2.75) is 31.0 Å². The van der Waals surface area contributed by atoms with E-state index in [4.69, 9.17) is 4.74 Å². The van der Waals surface area contributed by atoms with E-state index in [1.807, 2.05) is 30.3 Å². The number of fused-ring (bicyclic) bond motifs is 7. The molecule has 156 valence electrons. The van der Waals surface area contributed by atoms with Crippen LogP contribution in [-0.4, -0.2) is 11.4 Å². The molecule has 2 heteroatoms. The number of ether oxygens (including phenoxy) is 1. The summed E-state index contributed by atoms with van der Waals surface area (Å²) >= 11 is 0. The van der Waals surface area contributed by atoms with E-state index < -0.39 is 11.7 Å². The van der Waals surface area contributed by atoms with Gasteiger partial charge >= 0.3 is 0 Å². The minimum Gasteiger partial charge on any atom is -0.354 e. The van der Waals surface area contributed by atoms with Crippen molar-refractivity contribution in [3.8, 4) is 0 Å². The fourth-order valence-corrected chi connectivity index (χ4v) is 5.52. The van der Waals surface area contributed by atoms with Gasteiger partial charge in [-0.15, -0.1) is 0 Å². The van der Waals surface area contributed by atoms with Crippen molar-refractivity contribution in [3.05, 3.63) is 125 Å². The monoisotopic (exact) mass is 416 g/mol. The van der Waals surface area contributed by atoms with Gasteiger partial charge in [-0.3, -0.25) is 4.79 Å². The van der Waals surface area contributed by atoms with Crippen LogP contribution < -0.4 is 0 Å². The third-order valence-corrected chi connectivity index (χ3v) is 7.10. The van der Waals surface area contributed by atoms with Crippen LogP contribution in [0.2, 0.25) is 0 Å². The van der Waals surface area contributed by atoms with E-state index in [0.717, 1.165) is 12.0 Å². The van der Waals surface area contributed by atoms with Crippen LogP contribution in [0.1, 0.15) is 58.0 Å². The van der Waals surface area contributed by atoms with E-state index in [0.29, 0.717) is 5.56 Å². The van der Waals surface area contributed by atoms with E-state index in [1.165, 1.54) is 27.5 Å². The Labute approximate surface area is 188 Å². The lowest BCUT2D eigenvalue weighted by Crippen LogP contribution is -2.46. The van der Waals surface area contributed by atoms with Gasteiger partial charge in [0.05, 0.1) is 5.60 Å². The van der Waals surface area contributed by atoms with Gasteiger partial charge in [0.15, 0.2) is 5.78 Å². The second-order valence-electron chi connectivity index (χ2n) is 8.72. The van der Waals surface area contributed by atoms with Crippen LogP contribution >= 0.6 is 0 Å². The second-order valence-corrected chi connectivity index (χ2v) is 8.72. The summed E-state index contributed by atoms with van der Waals surface area (Å²) in [4.78, 5) is 13.7. The van der Waals surface area contributed by atoms with E-state index in [-0.39, 0.29) is 11.7 Å². The lowest BCUT2D eigenvalue weighted by atomic mass is 9.66. The molecule has 0 fully saturated rings. The number of carbonyl (C=O) groups excluding carboxylic acids is 1. The van der Waals surface area contributed by atoms with E-state index in [2.05, 4.69) is 79.7 Å². The van der Waals surface area contributed by atoms with Crippen LogP contribution in [0.25, 0.3) is 16.8 Å². The van der Waals surface area contributed by atoms with Crippen molar-refractivity contribution < 1.29 is 9.53 Å². The third kappa shape index (κ3) is 2.73. The first-order valence-electron chi connectivity index (χ1n) is 11.3. The van der Waals surface area contributed by atoms with Gasteiger partial charge in [0.1, 0.15) is 6.10 Å². The Morgan fingerprint density at radius 3 is 2.44 bits per heavy atom. The summed E-state index contributed by atoms with van der Waals surface area (Å²) in [6.07, 6.45) is 4.50. The highest BCUT2D eigenvalue weighted by molar-refractivity contribution is 6.02. The highest BCUT2D eigenvalue weighted by Crippen LogP contribution is 2.55. The fraction of sp³-hybridized carbons (Fsp3) is 0.167. The molecule has 0 spiro atoms. The summed E-state index contributed by atoms with van der Waals surface area (Å²) in [5.74, 6) is 0.0512. The minimum absolute atomic E-state index is 0.0145. The largest absolute Gasteiger partial charge is 0.354 e. The molecule has 4 aromatic carbocycles. The predicted molar refractivity (Wildman–Crippen MR) is 129 cm³/mol. The summed E-state index contributed by atoms with van der Waals surface area (Å²) in [6, 6.07) is 30.8. The van der Waals surface area contributed by atoms with Crippen LogP contribution in [0.4, 0.5) is 0 Å². The Kier molecular flexibility index (Phi) is 4.38. The van der Waals surface area contributed by atoms with Gasteiger partial charge in [0.25, 0.3) is 0 Å². The molecule has 4 aromatic rings. The average Bonchev–Trinajstić information content (AvgIpc) is 2.87. The number of hydrogen-bond donors (Lipinski definition) is 0. The molecule has 0 bridgehead atoms. The van der Waals surface area contributed by atoms with E-state index >= 15 is 0 Å². The van der Waals surface area contributed by atoms with Gasteiger partial charge in [0, 0.05) is 11.5 Å². The third-order valence-electron chi connectivity index (χ3n) is 7.10. The lowest BCUT2D eigenvalue weighted by Gasteiger charge is -2.48. The molecule has 1 aliphatic heterocycles. The minimum atomic E-state index is -0.636. The maximum absolute atomic E-state index is 13.7. The molecule has 0 aromatic heterocycles. The van der Waals surface area contributed by atoms with Gasteiger partial charge in [-0.2, -0.15) is 0 Å². The topological polar surface area (TPSA) is 26.3 Å². The summed E-state index contributed by atoms with van der Waals surface area (Å²) in [7, 11) is 0. The zero-order valence-corrected chi connectivity index (χ0v) is 18.0. The molecule has 32 heavy (non-hydrogen) atoms. The first-order chi connectivity index (χ1) is 15.7. The number of hydrogen-bond acceptors (Lipinski definition) is 2. The van der Waals surface area contributed by atoms with Crippen LogP contribution in [0.3, 0.4) is 0 Å². The molecule has 2 aliphatic rings. The summed E-state index contributed by atoms with van der Waals surface area (Å²) < 4.78 is 6.84. The number of rotatable bonds is 3. The molecule has 0 unspecified atom stereocenters. The molecule has 0 N–H and O–H groups in total. The predicted octanol–water partition coefficient (Wildman–Crippen LogP) is 7.10. The number of Topliss-reactive ketones (excluding diaryl/α,β-unsaturated/α-hetero) is 1. The molecule has 0 radical (unpaired) electrons. The normalized spacial score (nSPS) is 23.3. The molecule has 3 atom stereocenters. The van der Waals surface area contributed by atoms with Crippen molar-refractivity contribution in [3.63, 3.8) is 0 Å². The molecule has 0 saturated heterocycles. The van der Waals surface area contributed by atoms with Crippen LogP contribution in [0, 0.1) is 0 Å². The van der Waals surface area contributed by atoms with E-state index in [1.54, 1.807) is 0 Å². The number of ketones is 1. The molecule has 1 heterocycles. The summed E-state index contributed by atoms with van der Waals surface area (Å²) in [5, 5.41) is 2.39. The van der Waals surface area contributed by atoms with Gasteiger partial charge in [0.2, 0.25) is 0 Å². The van der Waals surface area contributed by atoms with E-state index in [9.17, 15) is 4.79 Å². The van der Waals surface area contributed by atoms with Crippen molar-refractivity contribution in [1.29, 1.82) is 0 Å². The zero-order chi connectivity index (χ0) is 21.7. The molecular weight excluding hydrogens is 392 g/mol. The Balaban J connectivity index is 1.66. The first kappa shape index (κ1) is 19.2. The number of carbonyl (C=O) groups is 1. The molecular formula is C30H24O2. The first-order valence-corrected chi connectivity index (χ1v) is 11.3. The van der Waals surface area contributed by atoms with Crippen LogP contribution in [0.5, 0.6) is 0 Å². The quantitative estimate of drug-likeness (QED) is 0.333. The summed E-state index contributed by atoms with van der Waals surface area (Å²) in [6.45, 7) is 2.16. The molecule has 6 rings (SSSR count). The Bertz CT molecular complexity index is 1370. The highest BCUT2D eigenvalue weighted by atomic mass is 16.5. The number of benzene rings is 4. The SMILES string of the molecule is CC[C@]12C=Cc3ccccc3[C@@H]1c1c(ccc3ccccc13)[C@@H](C(=O)c1ccccc1)O2. The van der Waals surface area contributed by atoms with Crippen LogP contribution in [0.15, 0.2) is 97.1 Å². The standard InChI is InChI=1S/C30H24O2/c1-2-30-19-18-21-11-7-9-15-24(21)27(30)26-23-14-8-6-10-20(23)16-17-25(26)29(32-30)28(31)22-12-4-3-5-13-22/h3-19,27,29H,2H2,1H3/t27-,29+,30+/m1/s1.